The van der Waals surface area contributed by atoms with Gasteiger partial charge in [-0.2, -0.15) is 0 Å². The van der Waals surface area contributed by atoms with Crippen LogP contribution in [0.4, 0.5) is 5.69 Å². The fraction of sp³-hybridized carbons (Fsp3) is 0.462. The van der Waals surface area contributed by atoms with Crippen LogP contribution in [0, 0.1) is 5.92 Å². The van der Waals surface area contributed by atoms with E-state index >= 15 is 0 Å². The molecule has 0 saturated carbocycles. The van der Waals surface area contributed by atoms with E-state index in [1.165, 1.54) is 0 Å². The Kier molecular flexibility index (Phi) is 4.82. The Morgan fingerprint density at radius 1 is 1.24 bits per heavy atom. The number of ether oxygens (including phenoxy) is 2. The molecule has 1 aromatic rings. The molecule has 0 unspecified atom stereocenters. The third-order valence-corrected chi connectivity index (χ3v) is 2.68. The van der Waals surface area contributed by atoms with E-state index in [-0.39, 0.29) is 11.8 Å². The SMILES string of the molecule is CC[C@@H](C)C(=O)Nc1cc(OC)cc(OC)c1. The molecule has 1 amide bonds. The van der Waals surface area contributed by atoms with Gasteiger partial charge in [0.05, 0.1) is 14.2 Å². The van der Waals surface area contributed by atoms with Crippen LogP contribution in [0.2, 0.25) is 0 Å². The molecule has 1 atom stereocenters. The normalized spacial score (nSPS) is 11.8. The van der Waals surface area contributed by atoms with E-state index in [4.69, 9.17) is 9.47 Å². The minimum absolute atomic E-state index is 0.00260. The van der Waals surface area contributed by atoms with Crippen LogP contribution in [0.25, 0.3) is 0 Å². The Morgan fingerprint density at radius 3 is 2.18 bits per heavy atom. The van der Waals surface area contributed by atoms with Crippen LogP contribution >= 0.6 is 0 Å². The second-order valence-electron chi connectivity index (χ2n) is 3.90. The molecule has 0 aromatic heterocycles. The van der Waals surface area contributed by atoms with Crippen molar-refractivity contribution < 1.29 is 14.3 Å². The molecule has 4 heteroatoms. The number of amides is 1. The van der Waals surface area contributed by atoms with Crippen LogP contribution in [0.15, 0.2) is 18.2 Å². The summed E-state index contributed by atoms with van der Waals surface area (Å²) in [6.07, 6.45) is 0.812. The molecule has 1 rings (SSSR count). The molecule has 0 heterocycles. The molecule has 0 radical (unpaired) electrons. The number of rotatable bonds is 5. The first-order valence-electron chi connectivity index (χ1n) is 5.64. The average molecular weight is 237 g/mol. The Morgan fingerprint density at radius 2 is 1.76 bits per heavy atom. The second-order valence-corrected chi connectivity index (χ2v) is 3.90. The summed E-state index contributed by atoms with van der Waals surface area (Å²) in [5.41, 5.74) is 0.687. The zero-order valence-electron chi connectivity index (χ0n) is 10.7. The summed E-state index contributed by atoms with van der Waals surface area (Å²) in [6, 6.07) is 5.30. The summed E-state index contributed by atoms with van der Waals surface area (Å²) in [5.74, 6) is 1.31. The molecule has 0 aliphatic carbocycles. The Labute approximate surface area is 102 Å². The van der Waals surface area contributed by atoms with Gasteiger partial charge < -0.3 is 14.8 Å². The van der Waals surface area contributed by atoms with E-state index in [0.29, 0.717) is 17.2 Å². The minimum atomic E-state index is -0.00723. The van der Waals surface area contributed by atoms with Gasteiger partial charge in [-0.25, -0.2) is 0 Å². The lowest BCUT2D eigenvalue weighted by atomic mass is 10.1. The van der Waals surface area contributed by atoms with Gasteiger partial charge in [0.2, 0.25) is 5.91 Å². The molecular weight excluding hydrogens is 218 g/mol. The Bertz CT molecular complexity index is 368. The lowest BCUT2D eigenvalue weighted by molar-refractivity contribution is -0.119. The predicted octanol–water partition coefficient (Wildman–Crippen LogP) is 2.69. The molecule has 0 bridgehead atoms. The highest BCUT2D eigenvalue weighted by molar-refractivity contribution is 5.92. The van der Waals surface area contributed by atoms with Crippen molar-refractivity contribution in [2.45, 2.75) is 20.3 Å². The zero-order valence-corrected chi connectivity index (χ0v) is 10.7. The third kappa shape index (κ3) is 3.66. The molecule has 1 aromatic carbocycles. The summed E-state index contributed by atoms with van der Waals surface area (Å²) in [7, 11) is 3.16. The first kappa shape index (κ1) is 13.4. The number of anilines is 1. The standard InChI is InChI=1S/C13H19NO3/c1-5-9(2)13(15)14-10-6-11(16-3)8-12(7-10)17-4/h6-9H,5H2,1-4H3,(H,14,15)/t9-/m1/s1. The highest BCUT2D eigenvalue weighted by Crippen LogP contribution is 2.26. The number of carbonyl (C=O) groups is 1. The number of nitrogens with one attached hydrogen (secondary N) is 1. The summed E-state index contributed by atoms with van der Waals surface area (Å²) in [6.45, 7) is 3.88. The van der Waals surface area contributed by atoms with Crippen molar-refractivity contribution in [3.63, 3.8) is 0 Å². The van der Waals surface area contributed by atoms with Crippen LogP contribution in [0.3, 0.4) is 0 Å². The van der Waals surface area contributed by atoms with Gasteiger partial charge >= 0.3 is 0 Å². The molecule has 0 aliphatic rings. The summed E-state index contributed by atoms with van der Waals surface area (Å²) < 4.78 is 10.3. The largest absolute Gasteiger partial charge is 0.497 e. The second kappa shape index (κ2) is 6.13. The fourth-order valence-corrected chi connectivity index (χ4v) is 1.33. The van der Waals surface area contributed by atoms with Crippen molar-refractivity contribution in [3.05, 3.63) is 18.2 Å². The van der Waals surface area contributed by atoms with Crippen LogP contribution in [-0.4, -0.2) is 20.1 Å². The van der Waals surface area contributed by atoms with Gasteiger partial charge in [0.1, 0.15) is 11.5 Å². The van der Waals surface area contributed by atoms with Gasteiger partial charge in [-0.1, -0.05) is 13.8 Å². The topological polar surface area (TPSA) is 47.6 Å². The van der Waals surface area contributed by atoms with E-state index in [1.54, 1.807) is 32.4 Å². The fourth-order valence-electron chi connectivity index (χ4n) is 1.33. The maximum absolute atomic E-state index is 11.7. The van der Waals surface area contributed by atoms with Crippen molar-refractivity contribution in [3.8, 4) is 11.5 Å². The first-order valence-corrected chi connectivity index (χ1v) is 5.64. The van der Waals surface area contributed by atoms with Crippen LogP contribution < -0.4 is 14.8 Å². The lowest BCUT2D eigenvalue weighted by Crippen LogP contribution is -2.19. The lowest BCUT2D eigenvalue weighted by Gasteiger charge is -2.12. The minimum Gasteiger partial charge on any atom is -0.497 e. The van der Waals surface area contributed by atoms with E-state index in [0.717, 1.165) is 6.42 Å². The van der Waals surface area contributed by atoms with Crippen molar-refractivity contribution >= 4 is 11.6 Å². The maximum atomic E-state index is 11.7. The molecule has 1 N–H and O–H groups in total. The van der Waals surface area contributed by atoms with Crippen LogP contribution in [0.5, 0.6) is 11.5 Å². The van der Waals surface area contributed by atoms with Gasteiger partial charge in [0.15, 0.2) is 0 Å². The van der Waals surface area contributed by atoms with Crippen LogP contribution in [-0.2, 0) is 4.79 Å². The van der Waals surface area contributed by atoms with Crippen molar-refractivity contribution in [1.82, 2.24) is 0 Å². The number of methoxy groups -OCH3 is 2. The van der Waals surface area contributed by atoms with Crippen molar-refractivity contribution in [2.75, 3.05) is 19.5 Å². The molecule has 0 fully saturated rings. The predicted molar refractivity (Wildman–Crippen MR) is 67.6 cm³/mol. The van der Waals surface area contributed by atoms with E-state index in [9.17, 15) is 4.79 Å². The Balaban J connectivity index is 2.86. The van der Waals surface area contributed by atoms with Gasteiger partial charge in [0.25, 0.3) is 0 Å². The van der Waals surface area contributed by atoms with E-state index in [2.05, 4.69) is 5.32 Å². The molecule has 17 heavy (non-hydrogen) atoms. The quantitative estimate of drug-likeness (QED) is 0.856. The highest BCUT2D eigenvalue weighted by Gasteiger charge is 2.11. The number of hydrogen-bond donors (Lipinski definition) is 1. The van der Waals surface area contributed by atoms with Crippen molar-refractivity contribution in [1.29, 1.82) is 0 Å². The highest BCUT2D eigenvalue weighted by atomic mass is 16.5. The summed E-state index contributed by atoms with van der Waals surface area (Å²) in [4.78, 5) is 11.7. The first-order chi connectivity index (χ1) is 8.10. The maximum Gasteiger partial charge on any atom is 0.227 e. The van der Waals surface area contributed by atoms with Gasteiger partial charge in [-0.15, -0.1) is 0 Å². The number of hydrogen-bond acceptors (Lipinski definition) is 3. The monoisotopic (exact) mass is 237 g/mol. The molecular formula is C13H19NO3. The Hall–Kier alpha value is -1.71. The molecule has 4 nitrogen and oxygen atoms in total. The number of benzene rings is 1. The molecule has 0 aliphatic heterocycles. The zero-order chi connectivity index (χ0) is 12.8. The van der Waals surface area contributed by atoms with E-state index in [1.807, 2.05) is 13.8 Å². The summed E-state index contributed by atoms with van der Waals surface area (Å²) >= 11 is 0. The molecule has 94 valence electrons. The van der Waals surface area contributed by atoms with Crippen LogP contribution in [0.1, 0.15) is 20.3 Å². The average Bonchev–Trinajstić information content (AvgIpc) is 2.36. The van der Waals surface area contributed by atoms with Gasteiger partial charge in [-0.05, 0) is 6.42 Å². The van der Waals surface area contributed by atoms with E-state index < -0.39 is 0 Å². The van der Waals surface area contributed by atoms with Gasteiger partial charge in [-0.3, -0.25) is 4.79 Å². The smallest absolute Gasteiger partial charge is 0.227 e. The number of carbonyl (C=O) groups excluding carboxylic acids is 1. The third-order valence-electron chi connectivity index (χ3n) is 2.68. The summed E-state index contributed by atoms with van der Waals surface area (Å²) in [5, 5.41) is 2.84. The van der Waals surface area contributed by atoms with Gasteiger partial charge in [0, 0.05) is 29.8 Å². The molecule has 0 spiro atoms. The molecule has 0 saturated heterocycles. The van der Waals surface area contributed by atoms with Crippen molar-refractivity contribution in [2.24, 2.45) is 5.92 Å².